The summed E-state index contributed by atoms with van der Waals surface area (Å²) in [4.78, 5) is 8.65. The van der Waals surface area contributed by atoms with Crippen molar-refractivity contribution in [2.24, 2.45) is 0 Å². The van der Waals surface area contributed by atoms with Crippen LogP contribution in [-0.4, -0.2) is 25.3 Å². The van der Waals surface area contributed by atoms with E-state index < -0.39 is 0 Å². The van der Waals surface area contributed by atoms with Crippen molar-refractivity contribution in [3.05, 3.63) is 29.1 Å². The average Bonchev–Trinajstić information content (AvgIpc) is 2.61. The molecule has 2 heterocycles. The molecule has 0 aliphatic carbocycles. The molecule has 0 spiro atoms. The lowest BCUT2D eigenvalue weighted by atomic mass is 10.4. The Morgan fingerprint density at radius 2 is 2.25 bits per heavy atom. The SMILES string of the molecule is Cc1cc(C)n2nc(SC/C=C/Cl)nc2n1. The van der Waals surface area contributed by atoms with Crippen LogP contribution >= 0.6 is 23.4 Å². The third-order valence-electron chi connectivity index (χ3n) is 2.00. The van der Waals surface area contributed by atoms with E-state index in [1.165, 1.54) is 17.3 Å². The highest BCUT2D eigenvalue weighted by atomic mass is 35.5. The van der Waals surface area contributed by atoms with Gasteiger partial charge in [0.1, 0.15) is 0 Å². The smallest absolute Gasteiger partial charge is 0.216 e. The van der Waals surface area contributed by atoms with E-state index in [1.807, 2.05) is 26.0 Å². The van der Waals surface area contributed by atoms with Crippen molar-refractivity contribution >= 4 is 29.1 Å². The van der Waals surface area contributed by atoms with Gasteiger partial charge in [0.25, 0.3) is 5.78 Å². The Labute approximate surface area is 103 Å². The molecule has 0 radical (unpaired) electrons. The Balaban J connectivity index is 2.32. The van der Waals surface area contributed by atoms with Gasteiger partial charge in [0, 0.05) is 22.7 Å². The van der Waals surface area contributed by atoms with Gasteiger partial charge in [0.2, 0.25) is 5.16 Å². The minimum atomic E-state index is 0.648. The quantitative estimate of drug-likeness (QED) is 0.790. The molecule has 0 saturated heterocycles. The number of hydrogen-bond acceptors (Lipinski definition) is 4. The van der Waals surface area contributed by atoms with E-state index in [0.717, 1.165) is 22.3 Å². The van der Waals surface area contributed by atoms with Crippen LogP contribution in [-0.2, 0) is 0 Å². The molecule has 0 amide bonds. The molecule has 84 valence electrons. The third-order valence-corrected chi connectivity index (χ3v) is 2.97. The predicted octanol–water partition coefficient (Wildman–Crippen LogP) is 2.59. The van der Waals surface area contributed by atoms with Crippen molar-refractivity contribution in [1.82, 2.24) is 19.6 Å². The summed E-state index contributed by atoms with van der Waals surface area (Å²) in [5, 5.41) is 5.07. The minimum absolute atomic E-state index is 0.648. The first kappa shape index (κ1) is 11.4. The molecule has 0 fully saturated rings. The number of fused-ring (bicyclic) bond motifs is 1. The van der Waals surface area contributed by atoms with Crippen molar-refractivity contribution in [2.75, 3.05) is 5.75 Å². The summed E-state index contributed by atoms with van der Waals surface area (Å²) in [5.74, 6) is 1.41. The van der Waals surface area contributed by atoms with Gasteiger partial charge in [-0.15, -0.1) is 5.10 Å². The fraction of sp³-hybridized carbons (Fsp3) is 0.300. The monoisotopic (exact) mass is 254 g/mol. The summed E-state index contributed by atoms with van der Waals surface area (Å²) in [5.41, 5.74) is 3.49. The van der Waals surface area contributed by atoms with E-state index in [0.29, 0.717) is 5.78 Å². The molecule has 16 heavy (non-hydrogen) atoms. The molecule has 0 aromatic carbocycles. The van der Waals surface area contributed by atoms with Crippen LogP contribution in [0.15, 0.2) is 22.8 Å². The Bertz CT molecular complexity index is 535. The largest absolute Gasteiger partial charge is 0.253 e. The number of aryl methyl sites for hydroxylation is 2. The normalized spacial score (nSPS) is 11.7. The molecule has 0 N–H and O–H groups in total. The summed E-state index contributed by atoms with van der Waals surface area (Å²) in [6.45, 7) is 3.94. The second-order valence-corrected chi connectivity index (χ2v) is 4.56. The van der Waals surface area contributed by atoms with E-state index in [9.17, 15) is 0 Å². The topological polar surface area (TPSA) is 43.1 Å². The van der Waals surface area contributed by atoms with Crippen molar-refractivity contribution in [3.63, 3.8) is 0 Å². The zero-order valence-electron chi connectivity index (χ0n) is 9.01. The van der Waals surface area contributed by atoms with Crippen LogP contribution in [0.4, 0.5) is 0 Å². The molecular weight excluding hydrogens is 244 g/mol. The lowest BCUT2D eigenvalue weighted by Gasteiger charge is -1.97. The summed E-state index contributed by atoms with van der Waals surface area (Å²) in [6.07, 6.45) is 1.85. The highest BCUT2D eigenvalue weighted by Gasteiger charge is 2.06. The van der Waals surface area contributed by atoms with Crippen LogP contribution < -0.4 is 0 Å². The Morgan fingerprint density at radius 3 is 3.00 bits per heavy atom. The van der Waals surface area contributed by atoms with Crippen molar-refractivity contribution in [1.29, 1.82) is 0 Å². The fourth-order valence-electron chi connectivity index (χ4n) is 1.37. The van der Waals surface area contributed by atoms with Gasteiger partial charge in [0.05, 0.1) is 0 Å². The Hall–Kier alpha value is -1.07. The van der Waals surface area contributed by atoms with Gasteiger partial charge in [-0.1, -0.05) is 29.4 Å². The maximum atomic E-state index is 5.44. The maximum absolute atomic E-state index is 5.44. The maximum Gasteiger partial charge on any atom is 0.253 e. The number of thioether (sulfide) groups is 1. The molecule has 0 atom stereocenters. The predicted molar refractivity (Wildman–Crippen MR) is 66.0 cm³/mol. The molecule has 2 rings (SSSR count). The second-order valence-electron chi connectivity index (χ2n) is 3.32. The number of nitrogens with zero attached hydrogens (tertiary/aromatic N) is 4. The molecular formula is C10H11ClN4S. The number of hydrogen-bond donors (Lipinski definition) is 0. The Kier molecular flexibility index (Phi) is 3.46. The van der Waals surface area contributed by atoms with E-state index in [-0.39, 0.29) is 0 Å². The van der Waals surface area contributed by atoms with Gasteiger partial charge in [-0.25, -0.2) is 9.50 Å². The van der Waals surface area contributed by atoms with Crippen LogP contribution in [0.2, 0.25) is 0 Å². The van der Waals surface area contributed by atoms with Crippen molar-refractivity contribution in [2.45, 2.75) is 19.0 Å². The fourth-order valence-corrected chi connectivity index (χ4v) is 2.19. The van der Waals surface area contributed by atoms with Gasteiger partial charge in [-0.2, -0.15) is 4.98 Å². The van der Waals surface area contributed by atoms with Crippen LogP contribution in [0.1, 0.15) is 11.4 Å². The van der Waals surface area contributed by atoms with E-state index in [1.54, 1.807) is 4.52 Å². The van der Waals surface area contributed by atoms with Gasteiger partial charge in [-0.05, 0) is 19.9 Å². The summed E-state index contributed by atoms with van der Waals surface area (Å²) in [7, 11) is 0. The van der Waals surface area contributed by atoms with Crippen LogP contribution in [0.25, 0.3) is 5.78 Å². The second kappa shape index (κ2) is 4.84. The molecule has 6 heteroatoms. The zero-order valence-corrected chi connectivity index (χ0v) is 10.6. The molecule has 0 aliphatic rings. The summed E-state index contributed by atoms with van der Waals surface area (Å²) >= 11 is 6.97. The first-order chi connectivity index (χ1) is 7.70. The van der Waals surface area contributed by atoms with E-state index >= 15 is 0 Å². The first-order valence-corrected chi connectivity index (χ1v) is 6.22. The standard InChI is InChI=1S/C10H11ClN4S/c1-7-6-8(2)15-9(12-7)13-10(14-15)16-5-3-4-11/h3-4,6H,5H2,1-2H3/b4-3+. The van der Waals surface area contributed by atoms with Gasteiger partial charge in [-0.3, -0.25) is 0 Å². The minimum Gasteiger partial charge on any atom is -0.216 e. The van der Waals surface area contributed by atoms with Gasteiger partial charge < -0.3 is 0 Å². The highest BCUT2D eigenvalue weighted by molar-refractivity contribution is 7.99. The lowest BCUT2D eigenvalue weighted by molar-refractivity contribution is 0.843. The molecule has 0 unspecified atom stereocenters. The van der Waals surface area contributed by atoms with Crippen LogP contribution in [0, 0.1) is 13.8 Å². The first-order valence-electron chi connectivity index (χ1n) is 4.80. The molecule has 2 aromatic rings. The number of aromatic nitrogens is 4. The van der Waals surface area contributed by atoms with E-state index in [2.05, 4.69) is 15.1 Å². The Morgan fingerprint density at radius 1 is 1.44 bits per heavy atom. The number of halogens is 1. The average molecular weight is 255 g/mol. The van der Waals surface area contributed by atoms with Crippen LogP contribution in [0.5, 0.6) is 0 Å². The van der Waals surface area contributed by atoms with Gasteiger partial charge in [0.15, 0.2) is 0 Å². The lowest BCUT2D eigenvalue weighted by Crippen LogP contribution is -1.97. The molecule has 0 aliphatic heterocycles. The molecule has 0 saturated carbocycles. The highest BCUT2D eigenvalue weighted by Crippen LogP contribution is 2.15. The van der Waals surface area contributed by atoms with Gasteiger partial charge >= 0.3 is 0 Å². The van der Waals surface area contributed by atoms with Crippen LogP contribution in [0.3, 0.4) is 0 Å². The number of rotatable bonds is 3. The molecule has 2 aromatic heterocycles. The van der Waals surface area contributed by atoms with E-state index in [4.69, 9.17) is 11.6 Å². The summed E-state index contributed by atoms with van der Waals surface area (Å²) in [6, 6.07) is 1.98. The molecule has 0 bridgehead atoms. The van der Waals surface area contributed by atoms with Crippen molar-refractivity contribution < 1.29 is 0 Å². The zero-order chi connectivity index (χ0) is 11.5. The third kappa shape index (κ3) is 2.36. The van der Waals surface area contributed by atoms with Crippen molar-refractivity contribution in [3.8, 4) is 0 Å². The summed E-state index contributed by atoms with van der Waals surface area (Å²) < 4.78 is 1.75. The molecule has 4 nitrogen and oxygen atoms in total.